The first-order valence-corrected chi connectivity index (χ1v) is 7.89. The monoisotopic (exact) mass is 303 g/mol. The molecule has 1 atom stereocenters. The second-order valence-electron chi connectivity index (χ2n) is 5.87. The highest BCUT2D eigenvalue weighted by molar-refractivity contribution is 5.42. The quantitative estimate of drug-likeness (QED) is 0.577. The van der Waals surface area contributed by atoms with E-state index in [4.69, 9.17) is 0 Å². The molecule has 3 aromatic carbocycles. The number of hydrogen-bond donors (Lipinski definition) is 0. The molecule has 0 aliphatic rings. The molecule has 1 unspecified atom stereocenters. The Hall–Kier alpha value is -2.41. The molecule has 0 saturated heterocycles. The molecule has 0 bridgehead atoms. The highest BCUT2D eigenvalue weighted by Gasteiger charge is 2.32. The fourth-order valence-electron chi connectivity index (χ4n) is 3.22. The van der Waals surface area contributed by atoms with Gasteiger partial charge in [0.05, 0.1) is 0 Å². The molecule has 0 fully saturated rings. The second-order valence-corrected chi connectivity index (χ2v) is 5.87. The lowest BCUT2D eigenvalue weighted by Crippen LogP contribution is -2.30. The van der Waals surface area contributed by atoms with E-state index in [1.807, 2.05) is 36.4 Å². The van der Waals surface area contributed by atoms with Crippen LogP contribution >= 0.6 is 0 Å². The molecule has 0 aromatic heterocycles. The van der Waals surface area contributed by atoms with Gasteiger partial charge in [0.25, 0.3) is 0 Å². The van der Waals surface area contributed by atoms with Crippen LogP contribution in [-0.2, 0) is 11.8 Å². The van der Waals surface area contributed by atoms with Gasteiger partial charge in [0.1, 0.15) is 5.82 Å². The van der Waals surface area contributed by atoms with E-state index >= 15 is 0 Å². The molecule has 0 amide bonds. The van der Waals surface area contributed by atoms with E-state index < -0.39 is 0 Å². The lowest BCUT2D eigenvalue weighted by molar-refractivity contribution is 0.513. The summed E-state index contributed by atoms with van der Waals surface area (Å²) in [4.78, 5) is 0. The maximum atomic E-state index is 13.4. The minimum atomic E-state index is -0.254. The van der Waals surface area contributed by atoms with Crippen molar-refractivity contribution < 1.29 is 4.39 Å². The minimum Gasteiger partial charge on any atom is -0.207 e. The fraction of sp³-hybridized carbons (Fsp3) is 0.136. The maximum Gasteiger partial charge on any atom is 0.123 e. The summed E-state index contributed by atoms with van der Waals surface area (Å²) in [5.41, 5.74) is 3.31. The number of benzene rings is 3. The van der Waals surface area contributed by atoms with Gasteiger partial charge in [-0.05, 0) is 41.7 Å². The molecule has 1 heteroatoms. The van der Waals surface area contributed by atoms with Gasteiger partial charge in [-0.2, -0.15) is 0 Å². The third-order valence-corrected chi connectivity index (χ3v) is 4.50. The zero-order chi connectivity index (χ0) is 16.1. The van der Waals surface area contributed by atoms with Gasteiger partial charge in [0.15, 0.2) is 0 Å². The van der Waals surface area contributed by atoms with E-state index in [2.05, 4.69) is 43.3 Å². The molecule has 23 heavy (non-hydrogen) atoms. The van der Waals surface area contributed by atoms with Crippen molar-refractivity contribution in [2.75, 3.05) is 0 Å². The van der Waals surface area contributed by atoms with Crippen molar-refractivity contribution in [2.24, 2.45) is 0 Å². The maximum absolute atomic E-state index is 13.4. The van der Waals surface area contributed by atoms with Crippen molar-refractivity contribution in [2.45, 2.75) is 18.3 Å². The first-order chi connectivity index (χ1) is 11.2. The fourth-order valence-corrected chi connectivity index (χ4v) is 3.22. The Balaban J connectivity index is 2.13. The van der Waals surface area contributed by atoms with Crippen LogP contribution in [0.2, 0.25) is 0 Å². The van der Waals surface area contributed by atoms with Gasteiger partial charge in [-0.1, -0.05) is 79.7 Å². The van der Waals surface area contributed by atoms with E-state index in [1.165, 1.54) is 23.3 Å². The van der Waals surface area contributed by atoms with E-state index in [-0.39, 0.29) is 11.2 Å². The molecule has 0 aliphatic carbocycles. The molecule has 0 heterocycles. The van der Waals surface area contributed by atoms with Crippen LogP contribution in [0.3, 0.4) is 0 Å². The predicted octanol–water partition coefficient (Wildman–Crippen LogP) is 5.58. The van der Waals surface area contributed by atoms with Crippen LogP contribution in [0.25, 0.3) is 0 Å². The van der Waals surface area contributed by atoms with Crippen molar-refractivity contribution in [3.05, 3.63) is 114 Å². The second kappa shape index (κ2) is 6.78. The molecule has 0 aliphatic heterocycles. The minimum absolute atomic E-state index is 0.209. The molecule has 0 N–H and O–H groups in total. The van der Waals surface area contributed by atoms with Crippen molar-refractivity contribution in [1.29, 1.82) is 0 Å². The van der Waals surface area contributed by atoms with Gasteiger partial charge >= 0.3 is 0 Å². The molecule has 3 rings (SSSR count). The van der Waals surface area contributed by atoms with Crippen molar-refractivity contribution in [3.63, 3.8) is 0 Å². The van der Waals surface area contributed by atoms with Gasteiger partial charge in [0.2, 0.25) is 0 Å². The van der Waals surface area contributed by atoms with Gasteiger partial charge in [0, 0.05) is 5.41 Å². The summed E-state index contributed by atoms with van der Waals surface area (Å²) in [6, 6.07) is 27.6. The summed E-state index contributed by atoms with van der Waals surface area (Å²) in [6.45, 7) is 4.24. The normalized spacial score (nSPS) is 13.5. The van der Waals surface area contributed by atoms with E-state index in [9.17, 15) is 4.39 Å². The Labute approximate surface area is 137 Å². The molecule has 0 nitrogen and oxygen atoms in total. The number of halogens is 1. The van der Waals surface area contributed by atoms with Crippen molar-refractivity contribution in [3.8, 4) is 0 Å². The zero-order valence-electron chi connectivity index (χ0n) is 13.1. The lowest BCUT2D eigenvalue weighted by atomic mass is 9.69. The van der Waals surface area contributed by atoms with Crippen LogP contribution in [0, 0.1) is 12.7 Å². The summed E-state index contributed by atoms with van der Waals surface area (Å²) in [7, 11) is 0. The Kier molecular flexibility index (Phi) is 4.57. The first-order valence-electron chi connectivity index (χ1n) is 7.89. The predicted molar refractivity (Wildman–Crippen MR) is 93.7 cm³/mol. The SMILES string of the molecule is [CH2]CC(Cc1ccccc1)(c1ccccc1)c1ccc(F)cc1. The van der Waals surface area contributed by atoms with Crippen LogP contribution in [0.1, 0.15) is 23.1 Å². The molecule has 1 radical (unpaired) electrons. The Morgan fingerprint density at radius 1 is 0.696 bits per heavy atom. The lowest BCUT2D eigenvalue weighted by Gasteiger charge is -2.34. The third-order valence-electron chi connectivity index (χ3n) is 4.50. The summed E-state index contributed by atoms with van der Waals surface area (Å²) < 4.78 is 13.4. The highest BCUT2D eigenvalue weighted by atomic mass is 19.1. The molecule has 3 aromatic rings. The van der Waals surface area contributed by atoms with Gasteiger partial charge in [-0.25, -0.2) is 4.39 Å². The van der Waals surface area contributed by atoms with Crippen molar-refractivity contribution >= 4 is 0 Å². The number of hydrogen-bond acceptors (Lipinski definition) is 0. The molecular formula is C22H20F. The summed E-state index contributed by atoms with van der Waals surface area (Å²) in [6.07, 6.45) is 1.55. The van der Waals surface area contributed by atoms with Gasteiger partial charge in [-0.3, -0.25) is 0 Å². The van der Waals surface area contributed by atoms with E-state index in [1.54, 1.807) is 0 Å². The highest BCUT2D eigenvalue weighted by Crippen LogP contribution is 2.38. The molecule has 0 saturated carbocycles. The van der Waals surface area contributed by atoms with E-state index in [0.717, 1.165) is 12.0 Å². The summed E-state index contributed by atoms with van der Waals surface area (Å²) >= 11 is 0. The Morgan fingerprint density at radius 2 is 1.22 bits per heavy atom. The number of rotatable bonds is 5. The van der Waals surface area contributed by atoms with Crippen LogP contribution in [0.4, 0.5) is 4.39 Å². The summed E-state index contributed by atoms with van der Waals surface area (Å²) in [5, 5.41) is 0. The summed E-state index contributed by atoms with van der Waals surface area (Å²) in [5.74, 6) is -0.209. The zero-order valence-corrected chi connectivity index (χ0v) is 13.1. The van der Waals surface area contributed by atoms with Crippen molar-refractivity contribution in [1.82, 2.24) is 0 Å². The van der Waals surface area contributed by atoms with Gasteiger partial charge < -0.3 is 0 Å². The smallest absolute Gasteiger partial charge is 0.123 e. The van der Waals surface area contributed by atoms with Crippen LogP contribution in [0.15, 0.2) is 84.9 Å². The standard InChI is InChI=1S/C22H20F/c1-2-22(19-11-7-4-8-12-19,17-18-9-5-3-6-10-18)20-13-15-21(23)16-14-20/h3-16H,1-2,17H2. The molecular weight excluding hydrogens is 283 g/mol. The molecule has 0 spiro atoms. The largest absolute Gasteiger partial charge is 0.207 e. The average Bonchev–Trinajstić information content (AvgIpc) is 2.62. The Morgan fingerprint density at radius 3 is 1.78 bits per heavy atom. The van der Waals surface area contributed by atoms with Crippen LogP contribution in [0.5, 0.6) is 0 Å². The average molecular weight is 303 g/mol. The third kappa shape index (κ3) is 3.19. The Bertz CT molecular complexity index is 732. The first kappa shape index (κ1) is 15.5. The molecule has 115 valence electrons. The van der Waals surface area contributed by atoms with Crippen LogP contribution < -0.4 is 0 Å². The topological polar surface area (TPSA) is 0 Å². The van der Waals surface area contributed by atoms with E-state index in [0.29, 0.717) is 6.42 Å². The van der Waals surface area contributed by atoms with Crippen LogP contribution in [-0.4, -0.2) is 0 Å². The van der Waals surface area contributed by atoms with Gasteiger partial charge in [-0.15, -0.1) is 0 Å².